The minimum absolute atomic E-state index is 0.133. The van der Waals surface area contributed by atoms with Crippen LogP contribution in [0.4, 0.5) is 0 Å². The van der Waals surface area contributed by atoms with Crippen LogP contribution in [-0.4, -0.2) is 12.3 Å². The molecule has 1 saturated carbocycles. The van der Waals surface area contributed by atoms with Crippen LogP contribution in [0.15, 0.2) is 0 Å². The van der Waals surface area contributed by atoms with Crippen LogP contribution >= 0.6 is 0 Å². The molecule has 1 rings (SSSR count). The number of nitrogens with two attached hydrogens (primary N) is 1. The van der Waals surface area contributed by atoms with Gasteiger partial charge < -0.3 is 5.73 Å². The van der Waals surface area contributed by atoms with E-state index < -0.39 is 0 Å². The molecule has 2 unspecified atom stereocenters. The minimum atomic E-state index is -0.133. The first-order valence-electron chi connectivity index (χ1n) is 6.82. The van der Waals surface area contributed by atoms with Crippen molar-refractivity contribution in [2.75, 3.05) is 6.54 Å². The van der Waals surface area contributed by atoms with E-state index >= 15 is 0 Å². The highest BCUT2D eigenvalue weighted by Gasteiger charge is 2.31. The molecular weight excluding hydrogens is 198 g/mol. The molecular formula is C14H27NO. The molecule has 2 N–H and O–H groups in total. The van der Waals surface area contributed by atoms with E-state index in [9.17, 15) is 4.79 Å². The first-order valence-corrected chi connectivity index (χ1v) is 6.82. The largest absolute Gasteiger partial charge is 0.324 e. The number of ketones is 1. The molecule has 0 aromatic heterocycles. The van der Waals surface area contributed by atoms with Gasteiger partial charge in [-0.3, -0.25) is 4.79 Å². The van der Waals surface area contributed by atoms with Crippen LogP contribution in [-0.2, 0) is 4.79 Å². The lowest BCUT2D eigenvalue weighted by Crippen LogP contribution is -2.33. The van der Waals surface area contributed by atoms with Crippen LogP contribution in [0.3, 0.4) is 0 Å². The Bertz CT molecular complexity index is 227. The fourth-order valence-corrected chi connectivity index (χ4v) is 2.82. The second kappa shape index (κ2) is 6.39. The molecule has 1 fully saturated rings. The molecule has 2 heteroatoms. The maximum atomic E-state index is 11.9. The molecule has 94 valence electrons. The van der Waals surface area contributed by atoms with Crippen molar-refractivity contribution in [1.29, 1.82) is 0 Å². The third-order valence-corrected chi connectivity index (χ3v) is 4.21. The number of rotatable bonds is 2. The molecule has 0 bridgehead atoms. The number of hydrogen-bond acceptors (Lipinski definition) is 2. The van der Waals surface area contributed by atoms with Crippen LogP contribution in [0.1, 0.15) is 65.2 Å². The molecule has 2 nitrogen and oxygen atoms in total. The van der Waals surface area contributed by atoms with Gasteiger partial charge in [-0.05, 0) is 18.8 Å². The van der Waals surface area contributed by atoms with E-state index in [1.54, 1.807) is 0 Å². The van der Waals surface area contributed by atoms with Crippen LogP contribution in [0, 0.1) is 11.3 Å². The Morgan fingerprint density at radius 2 is 1.81 bits per heavy atom. The van der Waals surface area contributed by atoms with Crippen molar-refractivity contribution in [3.05, 3.63) is 0 Å². The lowest BCUT2D eigenvalue weighted by Gasteiger charge is -2.29. The van der Waals surface area contributed by atoms with Gasteiger partial charge in [-0.25, -0.2) is 0 Å². The molecule has 0 aliphatic heterocycles. The highest BCUT2D eigenvalue weighted by molar-refractivity contribution is 5.86. The normalized spacial score (nSPS) is 33.3. The fraction of sp³-hybridized carbons (Fsp3) is 0.929. The van der Waals surface area contributed by atoms with Crippen molar-refractivity contribution in [1.82, 2.24) is 0 Å². The van der Waals surface area contributed by atoms with E-state index in [1.807, 2.05) is 0 Å². The zero-order valence-electron chi connectivity index (χ0n) is 10.9. The van der Waals surface area contributed by atoms with Gasteiger partial charge in [0.15, 0.2) is 5.78 Å². The maximum absolute atomic E-state index is 11.9. The smallest absolute Gasteiger partial charge is 0.152 e. The Hall–Kier alpha value is -0.370. The highest BCUT2D eigenvalue weighted by Crippen LogP contribution is 2.34. The monoisotopic (exact) mass is 225 g/mol. The van der Waals surface area contributed by atoms with Crippen LogP contribution < -0.4 is 5.73 Å². The van der Waals surface area contributed by atoms with E-state index in [4.69, 9.17) is 5.73 Å². The summed E-state index contributed by atoms with van der Waals surface area (Å²) in [7, 11) is 0. The molecule has 0 heterocycles. The van der Waals surface area contributed by atoms with Gasteiger partial charge in [-0.15, -0.1) is 0 Å². The summed E-state index contributed by atoms with van der Waals surface area (Å²) >= 11 is 0. The van der Waals surface area contributed by atoms with Gasteiger partial charge in [-0.2, -0.15) is 0 Å². The summed E-state index contributed by atoms with van der Waals surface area (Å²) in [5.41, 5.74) is 5.39. The van der Waals surface area contributed by atoms with Gasteiger partial charge in [0.25, 0.3) is 0 Å². The predicted molar refractivity (Wildman–Crippen MR) is 68.3 cm³/mol. The Labute approximate surface area is 100.0 Å². The molecule has 0 saturated heterocycles. The number of Topliss-reactive ketones (excluding diaryl/α,β-unsaturated/α-hetero) is 1. The molecule has 2 atom stereocenters. The third kappa shape index (κ3) is 3.89. The van der Waals surface area contributed by atoms with Crippen molar-refractivity contribution in [2.24, 2.45) is 17.1 Å². The average molecular weight is 225 g/mol. The van der Waals surface area contributed by atoms with Crippen LogP contribution in [0.5, 0.6) is 0 Å². The number of carbonyl (C=O) groups is 1. The SMILES string of the molecule is CC1CCCCCC(C)(C(=O)CN)CCC1. The molecule has 0 spiro atoms. The van der Waals surface area contributed by atoms with Crippen LogP contribution in [0.2, 0.25) is 0 Å². The molecule has 0 aromatic rings. The minimum Gasteiger partial charge on any atom is -0.324 e. The molecule has 0 radical (unpaired) electrons. The van der Waals surface area contributed by atoms with Crippen molar-refractivity contribution in [3.8, 4) is 0 Å². The van der Waals surface area contributed by atoms with Crippen molar-refractivity contribution in [3.63, 3.8) is 0 Å². The van der Waals surface area contributed by atoms with Gasteiger partial charge in [0.1, 0.15) is 0 Å². The van der Waals surface area contributed by atoms with Crippen molar-refractivity contribution >= 4 is 5.78 Å². The maximum Gasteiger partial charge on any atom is 0.152 e. The van der Waals surface area contributed by atoms with Crippen molar-refractivity contribution in [2.45, 2.75) is 65.2 Å². The highest BCUT2D eigenvalue weighted by atomic mass is 16.1. The first-order chi connectivity index (χ1) is 7.58. The topological polar surface area (TPSA) is 43.1 Å². The van der Waals surface area contributed by atoms with Crippen LogP contribution in [0.25, 0.3) is 0 Å². The number of hydrogen-bond donors (Lipinski definition) is 1. The van der Waals surface area contributed by atoms with Gasteiger partial charge in [-0.1, -0.05) is 52.4 Å². The summed E-state index contributed by atoms with van der Waals surface area (Å²) in [5.74, 6) is 1.09. The summed E-state index contributed by atoms with van der Waals surface area (Å²) in [6.45, 7) is 4.67. The summed E-state index contributed by atoms with van der Waals surface area (Å²) < 4.78 is 0. The lowest BCUT2D eigenvalue weighted by molar-refractivity contribution is -0.127. The van der Waals surface area contributed by atoms with E-state index in [1.165, 1.54) is 38.5 Å². The fourth-order valence-electron chi connectivity index (χ4n) is 2.82. The van der Waals surface area contributed by atoms with Gasteiger partial charge in [0.05, 0.1) is 6.54 Å². The van der Waals surface area contributed by atoms with E-state index in [-0.39, 0.29) is 17.7 Å². The summed E-state index contributed by atoms with van der Waals surface area (Å²) in [6, 6.07) is 0. The summed E-state index contributed by atoms with van der Waals surface area (Å²) in [6.07, 6.45) is 9.68. The lowest BCUT2D eigenvalue weighted by atomic mass is 9.75. The summed E-state index contributed by atoms with van der Waals surface area (Å²) in [4.78, 5) is 11.9. The Kier molecular flexibility index (Phi) is 5.47. The quantitative estimate of drug-likeness (QED) is 0.783. The van der Waals surface area contributed by atoms with E-state index in [0.29, 0.717) is 0 Å². The van der Waals surface area contributed by atoms with Gasteiger partial charge >= 0.3 is 0 Å². The van der Waals surface area contributed by atoms with Gasteiger partial charge in [0, 0.05) is 5.41 Å². The Morgan fingerprint density at radius 1 is 1.19 bits per heavy atom. The number of carbonyl (C=O) groups excluding carboxylic acids is 1. The second-order valence-corrected chi connectivity index (χ2v) is 5.78. The molecule has 0 aromatic carbocycles. The zero-order chi connectivity index (χ0) is 12.0. The molecule has 1 aliphatic rings. The average Bonchev–Trinajstić information content (AvgIpc) is 2.27. The van der Waals surface area contributed by atoms with E-state index in [0.717, 1.165) is 18.8 Å². The molecule has 1 aliphatic carbocycles. The Morgan fingerprint density at radius 3 is 2.50 bits per heavy atom. The predicted octanol–water partition coefficient (Wildman–Crippen LogP) is 3.29. The Balaban J connectivity index is 2.58. The van der Waals surface area contributed by atoms with E-state index in [2.05, 4.69) is 13.8 Å². The van der Waals surface area contributed by atoms with Crippen molar-refractivity contribution < 1.29 is 4.79 Å². The second-order valence-electron chi connectivity index (χ2n) is 5.78. The molecule has 16 heavy (non-hydrogen) atoms. The first kappa shape index (κ1) is 13.7. The molecule has 0 amide bonds. The van der Waals surface area contributed by atoms with Gasteiger partial charge in [0.2, 0.25) is 0 Å². The third-order valence-electron chi connectivity index (χ3n) is 4.21. The zero-order valence-corrected chi connectivity index (χ0v) is 10.9. The summed E-state index contributed by atoms with van der Waals surface area (Å²) in [5, 5.41) is 0. The standard InChI is InChI=1S/C14H27NO/c1-12-7-4-3-5-9-14(2,10-6-8-12)13(16)11-15/h12H,3-11,15H2,1-2H3.